The Labute approximate surface area is 178 Å². The summed E-state index contributed by atoms with van der Waals surface area (Å²) in [6.45, 7) is -0.178. The van der Waals surface area contributed by atoms with Gasteiger partial charge in [0.2, 0.25) is 5.91 Å². The van der Waals surface area contributed by atoms with Crippen molar-refractivity contribution in [2.45, 2.75) is 4.90 Å². The maximum absolute atomic E-state index is 13.1. The van der Waals surface area contributed by atoms with Crippen LogP contribution in [0.3, 0.4) is 0 Å². The predicted molar refractivity (Wildman–Crippen MR) is 115 cm³/mol. The lowest BCUT2D eigenvalue weighted by atomic mass is 10.1. The van der Waals surface area contributed by atoms with Crippen molar-refractivity contribution < 1.29 is 18.0 Å². The highest BCUT2D eigenvalue weighted by Crippen LogP contribution is 2.31. The van der Waals surface area contributed by atoms with Gasteiger partial charge in [-0.25, -0.2) is 8.42 Å². The number of amides is 2. The molecule has 0 unspecified atom stereocenters. The van der Waals surface area contributed by atoms with Crippen LogP contribution in [0, 0.1) is 0 Å². The van der Waals surface area contributed by atoms with Crippen LogP contribution in [0.5, 0.6) is 0 Å². The number of sulfonamides is 1. The highest BCUT2D eigenvalue weighted by Gasteiger charge is 2.29. The zero-order valence-electron chi connectivity index (χ0n) is 15.5. The first kappa shape index (κ1) is 19.9. The Morgan fingerprint density at radius 3 is 2.47 bits per heavy atom. The molecule has 0 bridgehead atoms. The molecule has 0 aromatic heterocycles. The zero-order chi connectivity index (χ0) is 21.3. The van der Waals surface area contributed by atoms with E-state index >= 15 is 0 Å². The molecular formula is C21H16ClN3O4S. The quantitative estimate of drug-likeness (QED) is 0.644. The van der Waals surface area contributed by atoms with E-state index in [4.69, 9.17) is 11.6 Å². The third-order valence-corrected chi connectivity index (χ3v) is 6.37. The molecule has 0 saturated carbocycles. The van der Waals surface area contributed by atoms with Gasteiger partial charge in [0.15, 0.2) is 0 Å². The van der Waals surface area contributed by atoms with Crippen LogP contribution in [-0.4, -0.2) is 26.8 Å². The number of para-hydroxylation sites is 3. The number of hydrogen-bond acceptors (Lipinski definition) is 4. The summed E-state index contributed by atoms with van der Waals surface area (Å²) in [7, 11) is -4.03. The van der Waals surface area contributed by atoms with Crippen molar-refractivity contribution in [1.82, 2.24) is 0 Å². The Morgan fingerprint density at radius 1 is 1.00 bits per heavy atom. The van der Waals surface area contributed by atoms with E-state index in [0.29, 0.717) is 17.1 Å². The number of halogens is 1. The molecule has 2 amide bonds. The molecule has 3 aromatic rings. The molecule has 0 saturated heterocycles. The molecule has 1 aliphatic rings. The zero-order valence-corrected chi connectivity index (χ0v) is 17.1. The number of anilines is 3. The van der Waals surface area contributed by atoms with Crippen LogP contribution in [0.1, 0.15) is 10.4 Å². The lowest BCUT2D eigenvalue weighted by Gasteiger charge is -2.29. The maximum atomic E-state index is 13.1. The predicted octanol–water partition coefficient (Wildman–Crippen LogP) is 3.74. The van der Waals surface area contributed by atoms with E-state index < -0.39 is 15.9 Å². The summed E-state index contributed by atoms with van der Waals surface area (Å²) in [6, 6.07) is 19.2. The van der Waals surface area contributed by atoms with Crippen LogP contribution < -0.4 is 14.9 Å². The van der Waals surface area contributed by atoms with Crippen molar-refractivity contribution in [2.75, 3.05) is 21.5 Å². The van der Waals surface area contributed by atoms with Gasteiger partial charge in [0.05, 0.1) is 16.4 Å². The molecule has 0 radical (unpaired) electrons. The van der Waals surface area contributed by atoms with Gasteiger partial charge in [-0.1, -0.05) is 41.9 Å². The highest BCUT2D eigenvalue weighted by molar-refractivity contribution is 7.92. The van der Waals surface area contributed by atoms with E-state index in [1.165, 1.54) is 23.1 Å². The summed E-state index contributed by atoms with van der Waals surface area (Å²) in [5, 5.41) is 2.69. The van der Waals surface area contributed by atoms with Gasteiger partial charge < -0.3 is 5.32 Å². The third kappa shape index (κ3) is 3.87. The Bertz CT molecular complexity index is 1250. The second-order valence-electron chi connectivity index (χ2n) is 6.57. The van der Waals surface area contributed by atoms with Crippen molar-refractivity contribution in [3.05, 3.63) is 83.4 Å². The van der Waals surface area contributed by atoms with Crippen LogP contribution in [0.25, 0.3) is 0 Å². The Hall–Kier alpha value is -3.36. The molecule has 1 heterocycles. The first-order valence-electron chi connectivity index (χ1n) is 8.93. The number of rotatable bonds is 4. The molecule has 9 heteroatoms. The fourth-order valence-electron chi connectivity index (χ4n) is 3.13. The second kappa shape index (κ2) is 7.81. The van der Waals surface area contributed by atoms with Gasteiger partial charge in [-0.2, -0.15) is 0 Å². The SMILES string of the molecule is O=C1CN(C(=O)c2ccc(Cl)c(S(=O)(=O)Nc3ccccc3)c2)c2ccccc2N1. The average molecular weight is 442 g/mol. The van der Waals surface area contributed by atoms with Crippen molar-refractivity contribution >= 4 is 50.5 Å². The molecule has 1 aliphatic heterocycles. The molecular weight excluding hydrogens is 426 g/mol. The second-order valence-corrected chi connectivity index (χ2v) is 8.63. The number of carbonyl (C=O) groups is 2. The highest BCUT2D eigenvalue weighted by atomic mass is 35.5. The fourth-order valence-corrected chi connectivity index (χ4v) is 4.71. The van der Waals surface area contributed by atoms with Crippen molar-refractivity contribution in [3.8, 4) is 0 Å². The number of nitrogens with one attached hydrogen (secondary N) is 2. The summed E-state index contributed by atoms with van der Waals surface area (Å²) in [6.07, 6.45) is 0. The summed E-state index contributed by atoms with van der Waals surface area (Å²) in [5.74, 6) is -0.847. The summed E-state index contributed by atoms with van der Waals surface area (Å²) in [4.78, 5) is 26.2. The summed E-state index contributed by atoms with van der Waals surface area (Å²) < 4.78 is 28.1. The smallest absolute Gasteiger partial charge is 0.263 e. The lowest BCUT2D eigenvalue weighted by molar-refractivity contribution is -0.115. The van der Waals surface area contributed by atoms with Gasteiger partial charge in [0.1, 0.15) is 11.4 Å². The van der Waals surface area contributed by atoms with Crippen LogP contribution in [0.15, 0.2) is 77.7 Å². The Balaban J connectivity index is 1.70. The van der Waals surface area contributed by atoms with Crippen LogP contribution in [0.2, 0.25) is 5.02 Å². The average Bonchev–Trinajstić information content (AvgIpc) is 2.73. The van der Waals surface area contributed by atoms with E-state index in [-0.39, 0.29) is 27.9 Å². The minimum absolute atomic E-state index is 0.0215. The number of nitrogens with zero attached hydrogens (tertiary/aromatic N) is 1. The van der Waals surface area contributed by atoms with Gasteiger partial charge in [-0.05, 0) is 42.5 Å². The third-order valence-electron chi connectivity index (χ3n) is 4.51. The first-order chi connectivity index (χ1) is 14.3. The minimum Gasteiger partial charge on any atom is -0.323 e. The van der Waals surface area contributed by atoms with Gasteiger partial charge in [-0.3, -0.25) is 19.2 Å². The standard InChI is InChI=1S/C21H16ClN3O4S/c22-16-11-10-14(12-19(16)30(28,29)24-15-6-2-1-3-7-15)21(27)25-13-20(26)23-17-8-4-5-9-18(17)25/h1-12,24H,13H2,(H,23,26). The molecule has 2 N–H and O–H groups in total. The molecule has 3 aromatic carbocycles. The van der Waals surface area contributed by atoms with Crippen molar-refractivity contribution in [2.24, 2.45) is 0 Å². The molecule has 0 spiro atoms. The van der Waals surface area contributed by atoms with E-state index in [1.807, 2.05) is 0 Å². The van der Waals surface area contributed by atoms with Gasteiger partial charge in [0.25, 0.3) is 15.9 Å². The fraction of sp³-hybridized carbons (Fsp3) is 0.0476. The number of fused-ring (bicyclic) bond motifs is 1. The van der Waals surface area contributed by atoms with E-state index in [2.05, 4.69) is 10.0 Å². The van der Waals surface area contributed by atoms with Gasteiger partial charge in [0, 0.05) is 11.3 Å². The van der Waals surface area contributed by atoms with Crippen LogP contribution in [0.4, 0.5) is 17.1 Å². The van der Waals surface area contributed by atoms with Crippen molar-refractivity contribution in [1.29, 1.82) is 0 Å². The normalized spacial score (nSPS) is 13.4. The van der Waals surface area contributed by atoms with E-state index in [9.17, 15) is 18.0 Å². The first-order valence-corrected chi connectivity index (χ1v) is 10.8. The molecule has 0 atom stereocenters. The molecule has 30 heavy (non-hydrogen) atoms. The maximum Gasteiger partial charge on any atom is 0.263 e. The molecule has 0 fully saturated rings. The van der Waals surface area contributed by atoms with E-state index in [1.54, 1.807) is 54.6 Å². The number of benzene rings is 3. The number of hydrogen-bond donors (Lipinski definition) is 2. The van der Waals surface area contributed by atoms with Crippen LogP contribution in [-0.2, 0) is 14.8 Å². The molecule has 0 aliphatic carbocycles. The Kier molecular flexibility index (Phi) is 5.19. The summed E-state index contributed by atoms with van der Waals surface area (Å²) in [5.41, 5.74) is 1.50. The van der Waals surface area contributed by atoms with Crippen LogP contribution >= 0.6 is 11.6 Å². The monoisotopic (exact) mass is 441 g/mol. The molecule has 7 nitrogen and oxygen atoms in total. The molecule has 152 valence electrons. The van der Waals surface area contributed by atoms with Gasteiger partial charge in [-0.15, -0.1) is 0 Å². The minimum atomic E-state index is -4.03. The summed E-state index contributed by atoms with van der Waals surface area (Å²) >= 11 is 6.13. The lowest BCUT2D eigenvalue weighted by Crippen LogP contribution is -2.42. The number of carbonyl (C=O) groups excluding carboxylic acids is 2. The molecule has 4 rings (SSSR count). The topological polar surface area (TPSA) is 95.6 Å². The largest absolute Gasteiger partial charge is 0.323 e. The van der Waals surface area contributed by atoms with Gasteiger partial charge >= 0.3 is 0 Å². The van der Waals surface area contributed by atoms with E-state index in [0.717, 1.165) is 0 Å². The van der Waals surface area contributed by atoms with Crippen molar-refractivity contribution in [3.63, 3.8) is 0 Å². The Morgan fingerprint density at radius 2 is 1.70 bits per heavy atom.